The molecule has 1 aromatic carbocycles. The zero-order valence-corrected chi connectivity index (χ0v) is 12.4. The predicted molar refractivity (Wildman–Crippen MR) is 76.5 cm³/mol. The van der Waals surface area contributed by atoms with Crippen molar-refractivity contribution in [2.75, 3.05) is 0 Å². The van der Waals surface area contributed by atoms with Crippen molar-refractivity contribution >= 4 is 15.9 Å². The third-order valence-corrected chi connectivity index (χ3v) is 4.64. The number of hydrogen-bond donors (Lipinski definition) is 1. The number of hydrogen-bond acceptors (Lipinski definition) is 4. The Labute approximate surface area is 120 Å². The fraction of sp³-hybridized carbons (Fsp3) is 0.429. The molecular formula is C14H16BrN3O. The first kappa shape index (κ1) is 12.8. The Morgan fingerprint density at radius 2 is 2.05 bits per heavy atom. The molecule has 1 saturated carbocycles. The van der Waals surface area contributed by atoms with E-state index in [-0.39, 0.29) is 0 Å². The molecule has 0 saturated heterocycles. The topological polar surface area (TPSA) is 64.9 Å². The average Bonchev–Trinajstić information content (AvgIpc) is 3.02. The molecule has 5 heteroatoms. The predicted octanol–water partition coefficient (Wildman–Crippen LogP) is 3.54. The van der Waals surface area contributed by atoms with Gasteiger partial charge in [-0.2, -0.15) is 4.98 Å². The van der Waals surface area contributed by atoms with Gasteiger partial charge in [-0.25, -0.2) is 0 Å². The number of rotatable bonds is 2. The molecule has 0 atom stereocenters. The Hall–Kier alpha value is -1.20. The van der Waals surface area contributed by atoms with Crippen LogP contribution in [0.4, 0.5) is 0 Å². The minimum absolute atomic E-state index is 0.399. The van der Waals surface area contributed by atoms with Gasteiger partial charge in [0.1, 0.15) is 0 Å². The van der Waals surface area contributed by atoms with E-state index >= 15 is 0 Å². The van der Waals surface area contributed by atoms with Crippen LogP contribution in [-0.4, -0.2) is 10.1 Å². The van der Waals surface area contributed by atoms with Gasteiger partial charge < -0.3 is 10.3 Å². The lowest BCUT2D eigenvalue weighted by Crippen LogP contribution is -2.34. The fourth-order valence-corrected chi connectivity index (χ4v) is 2.88. The first-order chi connectivity index (χ1) is 9.08. The molecule has 3 rings (SSSR count). The van der Waals surface area contributed by atoms with Gasteiger partial charge in [-0.15, -0.1) is 0 Å². The van der Waals surface area contributed by atoms with Gasteiger partial charge in [0, 0.05) is 10.0 Å². The Balaban J connectivity index is 1.94. The molecule has 19 heavy (non-hydrogen) atoms. The van der Waals surface area contributed by atoms with Crippen LogP contribution in [0.15, 0.2) is 27.2 Å². The van der Waals surface area contributed by atoms with Crippen molar-refractivity contribution in [1.29, 1.82) is 0 Å². The molecule has 1 aliphatic carbocycles. The largest absolute Gasteiger partial charge is 0.334 e. The van der Waals surface area contributed by atoms with E-state index in [9.17, 15) is 0 Å². The van der Waals surface area contributed by atoms with Gasteiger partial charge in [0.25, 0.3) is 5.89 Å². The average molecular weight is 322 g/mol. The number of halogens is 1. The van der Waals surface area contributed by atoms with E-state index in [0.29, 0.717) is 11.7 Å². The highest BCUT2D eigenvalue weighted by Crippen LogP contribution is 2.35. The van der Waals surface area contributed by atoms with E-state index in [1.165, 1.54) is 5.56 Å². The van der Waals surface area contributed by atoms with Crippen LogP contribution in [0, 0.1) is 6.92 Å². The summed E-state index contributed by atoms with van der Waals surface area (Å²) < 4.78 is 6.40. The highest BCUT2D eigenvalue weighted by Gasteiger charge is 2.36. The van der Waals surface area contributed by atoms with Crippen LogP contribution in [0.3, 0.4) is 0 Å². The highest BCUT2D eigenvalue weighted by molar-refractivity contribution is 9.10. The zero-order chi connectivity index (χ0) is 13.5. The molecule has 0 spiro atoms. The first-order valence-electron chi connectivity index (χ1n) is 6.48. The van der Waals surface area contributed by atoms with Gasteiger partial charge in [-0.05, 0) is 37.5 Å². The van der Waals surface area contributed by atoms with E-state index in [4.69, 9.17) is 10.3 Å². The minimum Gasteiger partial charge on any atom is -0.334 e. The molecule has 1 aromatic heterocycles. The lowest BCUT2D eigenvalue weighted by Gasteiger charge is -2.17. The van der Waals surface area contributed by atoms with Crippen molar-refractivity contribution in [1.82, 2.24) is 10.1 Å². The van der Waals surface area contributed by atoms with Crippen LogP contribution in [0.5, 0.6) is 0 Å². The number of aromatic nitrogens is 2. The zero-order valence-electron chi connectivity index (χ0n) is 10.8. The second-order valence-corrected chi connectivity index (χ2v) is 6.10. The normalized spacial score (nSPS) is 17.8. The summed E-state index contributed by atoms with van der Waals surface area (Å²) in [6, 6.07) is 6.00. The van der Waals surface area contributed by atoms with Gasteiger partial charge in [-0.3, -0.25) is 0 Å². The third-order valence-electron chi connectivity index (χ3n) is 3.79. The van der Waals surface area contributed by atoms with Crippen LogP contribution in [0.25, 0.3) is 11.5 Å². The summed E-state index contributed by atoms with van der Waals surface area (Å²) in [5.74, 6) is 1.17. The highest BCUT2D eigenvalue weighted by atomic mass is 79.9. The maximum absolute atomic E-state index is 6.33. The van der Waals surface area contributed by atoms with Crippen molar-refractivity contribution in [2.24, 2.45) is 5.73 Å². The van der Waals surface area contributed by atoms with Crippen molar-refractivity contribution in [3.8, 4) is 11.5 Å². The Bertz CT molecular complexity index is 602. The Morgan fingerprint density at radius 3 is 2.74 bits per heavy atom. The van der Waals surface area contributed by atoms with Gasteiger partial charge in [0.05, 0.1) is 5.54 Å². The second kappa shape index (κ2) is 4.72. The summed E-state index contributed by atoms with van der Waals surface area (Å²) in [6.07, 6.45) is 4.14. The molecule has 0 aliphatic heterocycles. The van der Waals surface area contributed by atoms with Gasteiger partial charge in [-0.1, -0.05) is 40.0 Å². The summed E-state index contributed by atoms with van der Waals surface area (Å²) in [6.45, 7) is 2.04. The van der Waals surface area contributed by atoms with Gasteiger partial charge >= 0.3 is 0 Å². The molecule has 2 N–H and O–H groups in total. The summed E-state index contributed by atoms with van der Waals surface area (Å²) in [5, 5.41) is 4.07. The van der Waals surface area contributed by atoms with E-state index in [2.05, 4.69) is 26.1 Å². The summed E-state index contributed by atoms with van der Waals surface area (Å²) >= 11 is 3.51. The molecule has 2 aromatic rings. The van der Waals surface area contributed by atoms with E-state index < -0.39 is 5.54 Å². The van der Waals surface area contributed by atoms with Crippen LogP contribution >= 0.6 is 15.9 Å². The Morgan fingerprint density at radius 1 is 1.32 bits per heavy atom. The minimum atomic E-state index is -0.399. The number of nitrogens with two attached hydrogens (primary N) is 1. The molecule has 1 aliphatic rings. The maximum Gasteiger partial charge on any atom is 0.258 e. The molecule has 0 bridgehead atoms. The summed E-state index contributed by atoms with van der Waals surface area (Å²) in [5.41, 5.74) is 8.02. The van der Waals surface area contributed by atoms with Crippen LogP contribution in [0.1, 0.15) is 37.1 Å². The van der Waals surface area contributed by atoms with Crippen molar-refractivity contribution in [3.05, 3.63) is 34.1 Å². The van der Waals surface area contributed by atoms with Crippen molar-refractivity contribution < 1.29 is 4.52 Å². The Kier molecular flexibility index (Phi) is 3.19. The molecule has 1 heterocycles. The fourth-order valence-electron chi connectivity index (χ4n) is 2.50. The smallest absolute Gasteiger partial charge is 0.258 e. The van der Waals surface area contributed by atoms with Crippen LogP contribution in [0.2, 0.25) is 0 Å². The number of aryl methyl sites for hydroxylation is 1. The van der Waals surface area contributed by atoms with E-state index in [1.54, 1.807) is 0 Å². The summed E-state index contributed by atoms with van der Waals surface area (Å²) in [4.78, 5) is 4.48. The second-order valence-electron chi connectivity index (χ2n) is 5.25. The molecule has 100 valence electrons. The van der Waals surface area contributed by atoms with E-state index in [1.807, 2.05) is 25.1 Å². The standard InChI is InChI=1S/C14H16BrN3O/c1-9-4-5-10(8-11(9)15)12-17-13(18-19-12)14(16)6-2-3-7-14/h4-5,8H,2-3,6-7,16H2,1H3. The van der Waals surface area contributed by atoms with Crippen molar-refractivity contribution in [3.63, 3.8) is 0 Å². The quantitative estimate of drug-likeness (QED) is 0.918. The third kappa shape index (κ3) is 2.32. The number of nitrogens with zero attached hydrogens (tertiary/aromatic N) is 2. The summed E-state index contributed by atoms with van der Waals surface area (Å²) in [7, 11) is 0. The molecule has 0 radical (unpaired) electrons. The SMILES string of the molecule is Cc1ccc(-c2nc(C3(N)CCCC3)no2)cc1Br. The lowest BCUT2D eigenvalue weighted by molar-refractivity contribution is 0.372. The van der Waals surface area contributed by atoms with Gasteiger partial charge in [0.15, 0.2) is 5.82 Å². The van der Waals surface area contributed by atoms with Crippen LogP contribution in [-0.2, 0) is 5.54 Å². The lowest BCUT2D eigenvalue weighted by atomic mass is 9.99. The monoisotopic (exact) mass is 321 g/mol. The molecule has 0 amide bonds. The van der Waals surface area contributed by atoms with Gasteiger partial charge in [0.2, 0.25) is 0 Å². The molecule has 1 fully saturated rings. The molecular weight excluding hydrogens is 306 g/mol. The van der Waals surface area contributed by atoms with Crippen molar-refractivity contribution in [2.45, 2.75) is 38.1 Å². The first-order valence-corrected chi connectivity index (χ1v) is 7.27. The molecule has 0 unspecified atom stereocenters. The van der Waals surface area contributed by atoms with Crippen LogP contribution < -0.4 is 5.73 Å². The van der Waals surface area contributed by atoms with E-state index in [0.717, 1.165) is 35.7 Å². The number of benzene rings is 1. The molecule has 4 nitrogen and oxygen atoms in total. The maximum atomic E-state index is 6.33.